The fourth-order valence-corrected chi connectivity index (χ4v) is 5.48. The van der Waals surface area contributed by atoms with Crippen LogP contribution >= 0.6 is 0 Å². The molecule has 4 aromatic rings. The van der Waals surface area contributed by atoms with Crippen molar-refractivity contribution < 1.29 is 9.53 Å². The van der Waals surface area contributed by atoms with Crippen LogP contribution in [0.25, 0.3) is 21.8 Å². The molecule has 38 heavy (non-hydrogen) atoms. The number of fused-ring (bicyclic) bond motifs is 3. The molecule has 5 rings (SSSR count). The van der Waals surface area contributed by atoms with E-state index in [0.29, 0.717) is 19.0 Å². The molecule has 0 spiro atoms. The van der Waals surface area contributed by atoms with E-state index in [-0.39, 0.29) is 6.03 Å². The summed E-state index contributed by atoms with van der Waals surface area (Å²) in [6, 6.07) is 23.4. The number of nitrogens with one attached hydrogen (secondary N) is 1. The van der Waals surface area contributed by atoms with E-state index < -0.39 is 0 Å². The molecule has 0 unspecified atom stereocenters. The standard InChI is InChI=1S/C32H40N4O2/c1-4-36-30-9-6-5-8-28(30)29-22-25(10-15-31(29)36)23-35(17-7-16-34-18-20-38-21-19-34)32(37)33-27-13-11-26(12-14-27)24(2)3/h5-6,8-15,22,24H,4,7,16-21,23H2,1-3H3,(H,33,37). The number of nitrogens with zero attached hydrogens (tertiary/aromatic N) is 3. The molecule has 1 aromatic heterocycles. The maximum absolute atomic E-state index is 13.5. The van der Waals surface area contributed by atoms with Gasteiger partial charge in [0.15, 0.2) is 0 Å². The van der Waals surface area contributed by atoms with Gasteiger partial charge >= 0.3 is 6.03 Å². The summed E-state index contributed by atoms with van der Waals surface area (Å²) in [5.41, 5.74) is 5.75. The number of anilines is 1. The molecular formula is C32H40N4O2. The Kier molecular flexibility index (Phi) is 8.30. The van der Waals surface area contributed by atoms with Gasteiger partial charge in [0.05, 0.1) is 13.2 Å². The second kappa shape index (κ2) is 12.0. The number of hydrogen-bond acceptors (Lipinski definition) is 3. The average molecular weight is 513 g/mol. The first kappa shape index (κ1) is 26.3. The largest absolute Gasteiger partial charge is 0.379 e. The predicted octanol–water partition coefficient (Wildman–Crippen LogP) is 6.69. The molecule has 3 aromatic carbocycles. The third-order valence-corrected chi connectivity index (χ3v) is 7.65. The van der Waals surface area contributed by atoms with Crippen LogP contribution in [0.1, 0.15) is 44.2 Å². The Bertz CT molecular complexity index is 1370. The van der Waals surface area contributed by atoms with Crippen molar-refractivity contribution in [1.82, 2.24) is 14.4 Å². The van der Waals surface area contributed by atoms with E-state index in [2.05, 4.69) is 90.2 Å². The molecule has 1 fully saturated rings. The molecule has 6 nitrogen and oxygen atoms in total. The van der Waals surface area contributed by atoms with Gasteiger partial charge in [0, 0.05) is 66.8 Å². The summed E-state index contributed by atoms with van der Waals surface area (Å²) in [5, 5.41) is 5.66. The molecule has 2 heterocycles. The highest BCUT2D eigenvalue weighted by molar-refractivity contribution is 6.08. The number of para-hydroxylation sites is 1. The number of carbonyl (C=O) groups excluding carboxylic acids is 1. The van der Waals surface area contributed by atoms with E-state index in [9.17, 15) is 4.79 Å². The van der Waals surface area contributed by atoms with Crippen LogP contribution in [0.4, 0.5) is 10.5 Å². The first-order chi connectivity index (χ1) is 18.5. The molecule has 1 saturated heterocycles. The monoisotopic (exact) mass is 512 g/mol. The van der Waals surface area contributed by atoms with Crippen LogP contribution in [-0.4, -0.2) is 59.8 Å². The maximum Gasteiger partial charge on any atom is 0.322 e. The molecule has 6 heteroatoms. The van der Waals surface area contributed by atoms with E-state index in [0.717, 1.165) is 57.1 Å². The Labute approximate surface area is 226 Å². The fraction of sp³-hybridized carbons (Fsp3) is 0.406. The van der Waals surface area contributed by atoms with E-state index >= 15 is 0 Å². The van der Waals surface area contributed by atoms with Crippen molar-refractivity contribution in [1.29, 1.82) is 0 Å². The Morgan fingerprint density at radius 2 is 1.71 bits per heavy atom. The predicted molar refractivity (Wildman–Crippen MR) is 157 cm³/mol. The van der Waals surface area contributed by atoms with Crippen molar-refractivity contribution in [3.63, 3.8) is 0 Å². The second-order valence-electron chi connectivity index (χ2n) is 10.5. The third-order valence-electron chi connectivity index (χ3n) is 7.65. The van der Waals surface area contributed by atoms with Crippen molar-refractivity contribution in [3.05, 3.63) is 77.9 Å². The Morgan fingerprint density at radius 1 is 0.974 bits per heavy atom. The van der Waals surface area contributed by atoms with Gasteiger partial charge in [-0.25, -0.2) is 4.79 Å². The molecule has 1 aliphatic rings. The zero-order valence-electron chi connectivity index (χ0n) is 23.0. The SMILES string of the molecule is CCn1c2ccccc2c2cc(CN(CCCN3CCOCC3)C(=O)Nc3ccc(C(C)C)cc3)ccc21. The van der Waals surface area contributed by atoms with Crippen LogP contribution in [0.5, 0.6) is 0 Å². The maximum atomic E-state index is 13.5. The molecule has 1 aliphatic heterocycles. The number of aryl methyl sites for hydroxylation is 1. The van der Waals surface area contributed by atoms with Crippen molar-refractivity contribution in [3.8, 4) is 0 Å². The molecule has 0 radical (unpaired) electrons. The number of carbonyl (C=O) groups is 1. The normalized spacial score (nSPS) is 14.4. The van der Waals surface area contributed by atoms with Gasteiger partial charge in [-0.05, 0) is 60.7 Å². The Balaban J connectivity index is 1.36. The topological polar surface area (TPSA) is 49.7 Å². The number of morpholine rings is 1. The minimum Gasteiger partial charge on any atom is -0.379 e. The van der Waals surface area contributed by atoms with E-state index in [1.165, 1.54) is 27.4 Å². The number of rotatable bonds is 9. The smallest absolute Gasteiger partial charge is 0.322 e. The number of urea groups is 1. The van der Waals surface area contributed by atoms with Crippen molar-refractivity contribution in [2.75, 3.05) is 44.7 Å². The van der Waals surface area contributed by atoms with Crippen molar-refractivity contribution >= 4 is 33.5 Å². The van der Waals surface area contributed by atoms with Crippen LogP contribution in [0.15, 0.2) is 66.7 Å². The van der Waals surface area contributed by atoms with Crippen LogP contribution in [-0.2, 0) is 17.8 Å². The van der Waals surface area contributed by atoms with Crippen LogP contribution in [0.3, 0.4) is 0 Å². The number of benzene rings is 3. The second-order valence-corrected chi connectivity index (χ2v) is 10.5. The summed E-state index contributed by atoms with van der Waals surface area (Å²) in [5.74, 6) is 0.463. The van der Waals surface area contributed by atoms with Gasteiger partial charge in [-0.3, -0.25) is 4.90 Å². The zero-order chi connectivity index (χ0) is 26.5. The van der Waals surface area contributed by atoms with Gasteiger partial charge < -0.3 is 19.5 Å². The van der Waals surface area contributed by atoms with Gasteiger partial charge in [0.25, 0.3) is 0 Å². The highest BCUT2D eigenvalue weighted by Crippen LogP contribution is 2.30. The van der Waals surface area contributed by atoms with E-state index in [4.69, 9.17) is 4.74 Å². The van der Waals surface area contributed by atoms with Crippen molar-refractivity contribution in [2.24, 2.45) is 0 Å². The van der Waals surface area contributed by atoms with Crippen LogP contribution in [0.2, 0.25) is 0 Å². The summed E-state index contributed by atoms with van der Waals surface area (Å²) >= 11 is 0. The van der Waals surface area contributed by atoms with E-state index in [1.807, 2.05) is 17.0 Å². The first-order valence-electron chi connectivity index (χ1n) is 14.0. The van der Waals surface area contributed by atoms with Gasteiger partial charge in [0.2, 0.25) is 0 Å². The lowest BCUT2D eigenvalue weighted by atomic mass is 10.0. The average Bonchev–Trinajstić information content (AvgIpc) is 3.26. The molecule has 200 valence electrons. The minimum atomic E-state index is -0.0552. The fourth-order valence-electron chi connectivity index (χ4n) is 5.48. The van der Waals surface area contributed by atoms with Crippen LogP contribution < -0.4 is 5.32 Å². The lowest BCUT2D eigenvalue weighted by molar-refractivity contribution is 0.0365. The first-order valence-corrected chi connectivity index (χ1v) is 14.0. The third kappa shape index (κ3) is 5.87. The quantitative estimate of drug-likeness (QED) is 0.272. The number of aromatic nitrogens is 1. The number of ether oxygens (including phenoxy) is 1. The lowest BCUT2D eigenvalue weighted by Gasteiger charge is -2.28. The summed E-state index contributed by atoms with van der Waals surface area (Å²) in [6.45, 7) is 13.2. The van der Waals surface area contributed by atoms with Gasteiger partial charge in [0.1, 0.15) is 0 Å². The summed E-state index contributed by atoms with van der Waals surface area (Å²) in [7, 11) is 0. The highest BCUT2D eigenvalue weighted by atomic mass is 16.5. The Hall–Kier alpha value is -3.35. The summed E-state index contributed by atoms with van der Waals surface area (Å²) < 4.78 is 7.85. The number of hydrogen-bond donors (Lipinski definition) is 1. The summed E-state index contributed by atoms with van der Waals surface area (Å²) in [6.07, 6.45) is 0.928. The zero-order valence-corrected chi connectivity index (χ0v) is 23.0. The molecule has 0 atom stereocenters. The molecule has 1 N–H and O–H groups in total. The Morgan fingerprint density at radius 3 is 2.45 bits per heavy atom. The van der Waals surface area contributed by atoms with Gasteiger partial charge in [-0.15, -0.1) is 0 Å². The van der Waals surface area contributed by atoms with E-state index in [1.54, 1.807) is 0 Å². The van der Waals surface area contributed by atoms with Gasteiger partial charge in [-0.2, -0.15) is 0 Å². The summed E-state index contributed by atoms with van der Waals surface area (Å²) in [4.78, 5) is 17.9. The van der Waals surface area contributed by atoms with Crippen molar-refractivity contribution in [2.45, 2.75) is 46.2 Å². The van der Waals surface area contributed by atoms with Crippen LogP contribution in [0, 0.1) is 0 Å². The number of amides is 2. The lowest BCUT2D eigenvalue weighted by Crippen LogP contribution is -2.40. The molecule has 2 amide bonds. The molecule has 0 bridgehead atoms. The highest BCUT2D eigenvalue weighted by Gasteiger charge is 2.18. The van der Waals surface area contributed by atoms with Gasteiger partial charge in [-0.1, -0.05) is 50.2 Å². The molecule has 0 saturated carbocycles. The molecular weight excluding hydrogens is 472 g/mol. The minimum absolute atomic E-state index is 0.0552. The molecule has 0 aliphatic carbocycles.